The number of hydrogen-bond acceptors (Lipinski definition) is 6. The summed E-state index contributed by atoms with van der Waals surface area (Å²) in [6, 6.07) is 6.98. The highest BCUT2D eigenvalue weighted by Gasteiger charge is 2.52. The van der Waals surface area contributed by atoms with Gasteiger partial charge in [0, 0.05) is 10.9 Å². The third-order valence-corrected chi connectivity index (χ3v) is 6.57. The zero-order valence-electron chi connectivity index (χ0n) is 16.9. The number of imide groups is 1. The molecule has 2 heterocycles. The Balaban J connectivity index is 1.41. The fourth-order valence-electron chi connectivity index (χ4n) is 4.03. The van der Waals surface area contributed by atoms with Crippen LogP contribution in [0.4, 0.5) is 9.93 Å². The number of carbonyl (C=O) groups excluding carboxylic acids is 3. The Kier molecular flexibility index (Phi) is 5.46. The highest BCUT2D eigenvalue weighted by molar-refractivity contribution is 7.14. The normalized spacial score (nSPS) is 23.5. The van der Waals surface area contributed by atoms with Crippen molar-refractivity contribution in [3.8, 4) is 17.0 Å². The Labute approximate surface area is 178 Å². The highest BCUT2D eigenvalue weighted by Crippen LogP contribution is 2.36. The minimum absolute atomic E-state index is 0.302. The standard InChI is InChI=1S/C21H24N4O4S/c1-13-7-9-21(10-8-13)18(27)25(20(28)24-21)11-17(26)23-19-22-15(12-30-19)14-5-3-4-6-16(14)29-2/h3-6,12-13H,7-11H2,1-2H3,(H,24,28)(H,22,23,26). The van der Waals surface area contributed by atoms with Crippen molar-refractivity contribution in [2.24, 2.45) is 5.92 Å². The van der Waals surface area contributed by atoms with E-state index in [0.717, 1.165) is 23.3 Å². The van der Waals surface area contributed by atoms with Crippen molar-refractivity contribution < 1.29 is 19.1 Å². The second-order valence-electron chi connectivity index (χ2n) is 7.87. The molecule has 1 aromatic carbocycles. The van der Waals surface area contributed by atoms with Gasteiger partial charge in [-0.1, -0.05) is 19.1 Å². The number of methoxy groups -OCH3 is 1. The fraction of sp³-hybridized carbons (Fsp3) is 0.429. The Morgan fingerprint density at radius 1 is 1.33 bits per heavy atom. The van der Waals surface area contributed by atoms with E-state index >= 15 is 0 Å². The Morgan fingerprint density at radius 2 is 2.07 bits per heavy atom. The zero-order valence-corrected chi connectivity index (χ0v) is 17.8. The van der Waals surface area contributed by atoms with Gasteiger partial charge in [-0.2, -0.15) is 0 Å². The van der Waals surface area contributed by atoms with E-state index in [4.69, 9.17) is 4.74 Å². The van der Waals surface area contributed by atoms with Crippen LogP contribution in [0, 0.1) is 5.92 Å². The summed E-state index contributed by atoms with van der Waals surface area (Å²) in [6.07, 6.45) is 3.00. The number of amides is 4. The number of nitrogens with zero attached hydrogens (tertiary/aromatic N) is 2. The average Bonchev–Trinajstić information content (AvgIpc) is 3.29. The molecule has 1 saturated heterocycles. The third kappa shape index (κ3) is 3.77. The lowest BCUT2D eigenvalue weighted by Crippen LogP contribution is -2.49. The molecule has 0 unspecified atom stereocenters. The molecule has 1 spiro atoms. The maximum absolute atomic E-state index is 12.9. The zero-order chi connectivity index (χ0) is 21.3. The van der Waals surface area contributed by atoms with Gasteiger partial charge in [0.25, 0.3) is 5.91 Å². The summed E-state index contributed by atoms with van der Waals surface area (Å²) in [4.78, 5) is 43.2. The SMILES string of the molecule is COc1ccccc1-c1csc(NC(=O)CN2C(=O)NC3(CCC(C)CC3)C2=O)n1. The second kappa shape index (κ2) is 8.06. The summed E-state index contributed by atoms with van der Waals surface area (Å²) in [5.74, 6) is 0.469. The van der Waals surface area contributed by atoms with Gasteiger partial charge in [0.05, 0.1) is 12.8 Å². The number of urea groups is 1. The summed E-state index contributed by atoms with van der Waals surface area (Å²) in [5, 5.41) is 7.73. The van der Waals surface area contributed by atoms with Crippen LogP contribution in [0.2, 0.25) is 0 Å². The van der Waals surface area contributed by atoms with E-state index in [0.29, 0.717) is 35.3 Å². The molecule has 2 fully saturated rings. The lowest BCUT2D eigenvalue weighted by atomic mass is 9.77. The van der Waals surface area contributed by atoms with E-state index in [2.05, 4.69) is 22.5 Å². The van der Waals surface area contributed by atoms with Gasteiger partial charge < -0.3 is 15.4 Å². The predicted octanol–water partition coefficient (Wildman–Crippen LogP) is 3.26. The van der Waals surface area contributed by atoms with E-state index < -0.39 is 17.5 Å². The first-order valence-corrected chi connectivity index (χ1v) is 10.8. The Morgan fingerprint density at radius 3 is 2.80 bits per heavy atom. The second-order valence-corrected chi connectivity index (χ2v) is 8.73. The molecular weight excluding hydrogens is 404 g/mol. The maximum atomic E-state index is 12.9. The molecule has 2 aromatic rings. The number of benzene rings is 1. The van der Waals surface area contributed by atoms with Crippen LogP contribution in [-0.2, 0) is 9.59 Å². The quantitative estimate of drug-likeness (QED) is 0.712. The lowest BCUT2D eigenvalue weighted by molar-refractivity contribution is -0.135. The topological polar surface area (TPSA) is 101 Å². The van der Waals surface area contributed by atoms with Crippen molar-refractivity contribution in [1.82, 2.24) is 15.2 Å². The van der Waals surface area contributed by atoms with Gasteiger partial charge in [0.2, 0.25) is 5.91 Å². The third-order valence-electron chi connectivity index (χ3n) is 5.81. The van der Waals surface area contributed by atoms with Gasteiger partial charge in [-0.25, -0.2) is 9.78 Å². The van der Waals surface area contributed by atoms with Crippen molar-refractivity contribution in [3.63, 3.8) is 0 Å². The molecule has 9 heteroatoms. The van der Waals surface area contributed by atoms with E-state index in [1.165, 1.54) is 11.3 Å². The van der Waals surface area contributed by atoms with E-state index in [1.807, 2.05) is 29.6 Å². The molecule has 4 rings (SSSR count). The average molecular weight is 429 g/mol. The summed E-state index contributed by atoms with van der Waals surface area (Å²) < 4.78 is 5.35. The maximum Gasteiger partial charge on any atom is 0.325 e. The Hall–Kier alpha value is -2.94. The molecule has 30 heavy (non-hydrogen) atoms. The minimum atomic E-state index is -0.845. The number of nitrogens with one attached hydrogen (secondary N) is 2. The highest BCUT2D eigenvalue weighted by atomic mass is 32.1. The van der Waals surface area contributed by atoms with Crippen molar-refractivity contribution in [3.05, 3.63) is 29.6 Å². The van der Waals surface area contributed by atoms with Crippen molar-refractivity contribution in [2.45, 2.75) is 38.1 Å². The molecule has 2 aliphatic rings. The molecule has 2 N–H and O–H groups in total. The van der Waals surface area contributed by atoms with Crippen LogP contribution in [0.5, 0.6) is 5.75 Å². The molecule has 4 amide bonds. The number of para-hydroxylation sites is 1. The van der Waals surface area contributed by atoms with E-state index in [-0.39, 0.29) is 12.5 Å². The van der Waals surface area contributed by atoms with Crippen molar-refractivity contribution in [2.75, 3.05) is 19.0 Å². The number of aromatic nitrogens is 1. The molecule has 1 saturated carbocycles. The largest absolute Gasteiger partial charge is 0.496 e. The number of ether oxygens (including phenoxy) is 1. The van der Waals surface area contributed by atoms with Crippen LogP contribution in [-0.4, -0.2) is 46.9 Å². The van der Waals surface area contributed by atoms with Crippen LogP contribution >= 0.6 is 11.3 Å². The smallest absolute Gasteiger partial charge is 0.325 e. The van der Waals surface area contributed by atoms with Gasteiger partial charge >= 0.3 is 6.03 Å². The van der Waals surface area contributed by atoms with Crippen LogP contribution in [0.1, 0.15) is 32.6 Å². The summed E-state index contributed by atoms with van der Waals surface area (Å²) in [7, 11) is 1.59. The van der Waals surface area contributed by atoms with Gasteiger partial charge in [0.15, 0.2) is 5.13 Å². The first kappa shape index (κ1) is 20.3. The van der Waals surface area contributed by atoms with E-state index in [9.17, 15) is 14.4 Å². The van der Waals surface area contributed by atoms with Gasteiger partial charge in [-0.15, -0.1) is 11.3 Å². The van der Waals surface area contributed by atoms with Gasteiger partial charge in [-0.3, -0.25) is 14.5 Å². The summed E-state index contributed by atoms with van der Waals surface area (Å²) in [6.45, 7) is 1.82. The van der Waals surface area contributed by atoms with E-state index in [1.54, 1.807) is 7.11 Å². The number of anilines is 1. The summed E-state index contributed by atoms with van der Waals surface area (Å²) in [5.41, 5.74) is 0.652. The fourth-order valence-corrected chi connectivity index (χ4v) is 4.75. The molecule has 8 nitrogen and oxygen atoms in total. The van der Waals surface area contributed by atoms with Gasteiger partial charge in [0.1, 0.15) is 17.8 Å². The molecule has 1 aromatic heterocycles. The van der Waals surface area contributed by atoms with Gasteiger partial charge in [-0.05, 0) is 43.7 Å². The predicted molar refractivity (Wildman–Crippen MR) is 113 cm³/mol. The molecular formula is C21H24N4O4S. The summed E-state index contributed by atoms with van der Waals surface area (Å²) >= 11 is 1.27. The number of thiazole rings is 1. The first-order valence-electron chi connectivity index (χ1n) is 9.95. The molecule has 1 aliphatic heterocycles. The number of rotatable bonds is 5. The first-order chi connectivity index (χ1) is 14.4. The monoisotopic (exact) mass is 428 g/mol. The molecule has 0 bridgehead atoms. The minimum Gasteiger partial charge on any atom is -0.496 e. The molecule has 1 aliphatic carbocycles. The van der Waals surface area contributed by atoms with Crippen LogP contribution in [0.3, 0.4) is 0 Å². The number of carbonyl (C=O) groups is 3. The lowest BCUT2D eigenvalue weighted by Gasteiger charge is -2.33. The molecule has 0 radical (unpaired) electrons. The van der Waals surface area contributed by atoms with Crippen LogP contribution < -0.4 is 15.4 Å². The number of hydrogen-bond donors (Lipinski definition) is 2. The molecule has 158 valence electrons. The van der Waals surface area contributed by atoms with Crippen LogP contribution in [0.15, 0.2) is 29.6 Å². The van der Waals surface area contributed by atoms with Crippen molar-refractivity contribution >= 4 is 34.3 Å². The van der Waals surface area contributed by atoms with Crippen molar-refractivity contribution in [1.29, 1.82) is 0 Å². The Bertz CT molecular complexity index is 981. The molecule has 0 atom stereocenters. The van der Waals surface area contributed by atoms with Crippen LogP contribution in [0.25, 0.3) is 11.3 Å².